The Labute approximate surface area is 107 Å². The quantitative estimate of drug-likeness (QED) is 0.806. The second kappa shape index (κ2) is 6.16. The van der Waals surface area contributed by atoms with Crippen molar-refractivity contribution in [2.45, 2.75) is 25.8 Å². The van der Waals surface area contributed by atoms with Gasteiger partial charge in [0.2, 0.25) is 0 Å². The molecule has 1 atom stereocenters. The summed E-state index contributed by atoms with van der Waals surface area (Å²) in [5, 5.41) is 8.99. The van der Waals surface area contributed by atoms with E-state index in [1.54, 1.807) is 6.07 Å². The number of nitrogen functional groups attached to an aromatic ring is 1. The Morgan fingerprint density at radius 1 is 1.44 bits per heavy atom. The zero-order valence-corrected chi connectivity index (χ0v) is 10.6. The molecule has 100 valence electrons. The first-order chi connectivity index (χ1) is 8.69. The Morgan fingerprint density at radius 3 is 3.06 bits per heavy atom. The van der Waals surface area contributed by atoms with Crippen LogP contribution in [-0.4, -0.2) is 29.7 Å². The summed E-state index contributed by atoms with van der Waals surface area (Å²) in [5.41, 5.74) is 7.38. The Hall–Kier alpha value is -1.13. The van der Waals surface area contributed by atoms with Crippen LogP contribution >= 0.6 is 0 Å². The highest BCUT2D eigenvalue weighted by Crippen LogP contribution is 2.23. The van der Waals surface area contributed by atoms with E-state index in [0.29, 0.717) is 18.2 Å². The van der Waals surface area contributed by atoms with E-state index in [-0.39, 0.29) is 12.4 Å². The number of hydrogen-bond acceptors (Lipinski definition) is 3. The van der Waals surface area contributed by atoms with Crippen LogP contribution in [0.1, 0.15) is 24.8 Å². The molecule has 3 nitrogen and oxygen atoms in total. The summed E-state index contributed by atoms with van der Waals surface area (Å²) < 4.78 is 13.2. The molecule has 2 rings (SSSR count). The molecule has 1 saturated heterocycles. The molecule has 0 aliphatic carbocycles. The first-order valence-electron chi connectivity index (χ1n) is 6.56. The van der Waals surface area contributed by atoms with Crippen molar-refractivity contribution in [3.8, 4) is 0 Å². The predicted octanol–water partition coefficient (Wildman–Crippen LogP) is 2.00. The van der Waals surface area contributed by atoms with E-state index in [9.17, 15) is 4.39 Å². The van der Waals surface area contributed by atoms with Gasteiger partial charge in [-0.25, -0.2) is 4.39 Å². The summed E-state index contributed by atoms with van der Waals surface area (Å²) in [4.78, 5) is 2.30. The van der Waals surface area contributed by atoms with E-state index >= 15 is 0 Å². The predicted molar refractivity (Wildman–Crippen MR) is 70.5 cm³/mol. The molecular weight excluding hydrogens is 231 g/mol. The minimum absolute atomic E-state index is 0.233. The van der Waals surface area contributed by atoms with E-state index in [2.05, 4.69) is 4.90 Å². The van der Waals surface area contributed by atoms with Gasteiger partial charge in [-0.3, -0.25) is 4.90 Å². The summed E-state index contributed by atoms with van der Waals surface area (Å²) in [6.45, 7) is 2.94. The Morgan fingerprint density at radius 2 is 2.28 bits per heavy atom. The molecule has 1 aliphatic rings. The van der Waals surface area contributed by atoms with E-state index in [4.69, 9.17) is 10.8 Å². The van der Waals surface area contributed by atoms with Crippen LogP contribution in [0.5, 0.6) is 0 Å². The third-order valence-electron chi connectivity index (χ3n) is 3.64. The number of aliphatic hydroxyl groups is 1. The molecule has 1 fully saturated rings. The van der Waals surface area contributed by atoms with Gasteiger partial charge in [0.05, 0.1) is 0 Å². The highest BCUT2D eigenvalue weighted by Gasteiger charge is 2.20. The van der Waals surface area contributed by atoms with Crippen molar-refractivity contribution in [2.75, 3.05) is 25.4 Å². The number of likely N-dealkylation sites (tertiary alicyclic amines) is 1. The summed E-state index contributed by atoms with van der Waals surface area (Å²) in [5.74, 6) is 0.321. The van der Waals surface area contributed by atoms with Crippen LogP contribution in [0.2, 0.25) is 0 Å². The number of nitrogens with two attached hydrogens (primary N) is 1. The monoisotopic (exact) mass is 252 g/mol. The Bertz CT molecular complexity index is 395. The molecule has 18 heavy (non-hydrogen) atoms. The van der Waals surface area contributed by atoms with Crippen LogP contribution < -0.4 is 5.73 Å². The minimum atomic E-state index is -0.233. The standard InChI is InChI=1S/C14H21FN2O/c15-13-3-4-14(16)12(8-13)10-17-6-1-2-11(9-17)5-7-18/h3-4,8,11,18H,1-2,5-7,9-10,16H2. The second-order valence-corrected chi connectivity index (χ2v) is 5.10. The average molecular weight is 252 g/mol. The number of piperidine rings is 1. The van der Waals surface area contributed by atoms with Gasteiger partial charge in [0.1, 0.15) is 5.82 Å². The molecule has 0 aromatic heterocycles. The fourth-order valence-electron chi connectivity index (χ4n) is 2.67. The third kappa shape index (κ3) is 3.43. The van der Waals surface area contributed by atoms with Crippen molar-refractivity contribution in [2.24, 2.45) is 5.92 Å². The van der Waals surface area contributed by atoms with E-state index in [0.717, 1.165) is 31.5 Å². The fourth-order valence-corrected chi connectivity index (χ4v) is 2.67. The molecule has 0 amide bonds. The van der Waals surface area contributed by atoms with Crippen LogP contribution in [0.15, 0.2) is 18.2 Å². The normalized spacial score (nSPS) is 21.1. The first kappa shape index (κ1) is 13.3. The molecule has 1 unspecified atom stereocenters. The molecule has 1 heterocycles. The van der Waals surface area contributed by atoms with Crippen LogP contribution in [0.4, 0.5) is 10.1 Å². The van der Waals surface area contributed by atoms with Gasteiger partial charge in [0.15, 0.2) is 0 Å². The lowest BCUT2D eigenvalue weighted by molar-refractivity contribution is 0.142. The zero-order chi connectivity index (χ0) is 13.0. The maximum atomic E-state index is 13.2. The molecule has 4 heteroatoms. The van der Waals surface area contributed by atoms with Crippen LogP contribution in [0.3, 0.4) is 0 Å². The number of benzene rings is 1. The molecule has 3 N–H and O–H groups in total. The molecule has 0 radical (unpaired) electrons. The Kier molecular flexibility index (Phi) is 4.55. The van der Waals surface area contributed by atoms with Gasteiger partial charge in [-0.1, -0.05) is 0 Å². The molecule has 0 saturated carbocycles. The SMILES string of the molecule is Nc1ccc(F)cc1CN1CCCC(CCO)C1. The summed E-state index contributed by atoms with van der Waals surface area (Å²) in [6.07, 6.45) is 3.17. The van der Waals surface area contributed by atoms with Crippen molar-refractivity contribution in [1.29, 1.82) is 0 Å². The van der Waals surface area contributed by atoms with Crippen molar-refractivity contribution in [3.63, 3.8) is 0 Å². The number of anilines is 1. The van der Waals surface area contributed by atoms with E-state index < -0.39 is 0 Å². The summed E-state index contributed by atoms with van der Waals surface area (Å²) >= 11 is 0. The van der Waals surface area contributed by atoms with Crippen LogP contribution in [-0.2, 0) is 6.54 Å². The third-order valence-corrected chi connectivity index (χ3v) is 3.64. The van der Waals surface area contributed by atoms with Crippen molar-refractivity contribution in [1.82, 2.24) is 4.90 Å². The fraction of sp³-hybridized carbons (Fsp3) is 0.571. The Balaban J connectivity index is 1.98. The number of nitrogens with zero attached hydrogens (tertiary/aromatic N) is 1. The lowest BCUT2D eigenvalue weighted by Crippen LogP contribution is -2.35. The molecule has 0 bridgehead atoms. The van der Waals surface area contributed by atoms with Crippen LogP contribution in [0.25, 0.3) is 0 Å². The summed E-state index contributed by atoms with van der Waals surface area (Å²) in [7, 11) is 0. The van der Waals surface area contributed by atoms with Crippen LogP contribution in [0, 0.1) is 11.7 Å². The maximum absolute atomic E-state index is 13.2. The van der Waals surface area contributed by atoms with Gasteiger partial charge in [-0.15, -0.1) is 0 Å². The molecule has 0 spiro atoms. The number of rotatable bonds is 4. The van der Waals surface area contributed by atoms with E-state index in [1.807, 2.05) is 0 Å². The number of aliphatic hydroxyl groups excluding tert-OH is 1. The maximum Gasteiger partial charge on any atom is 0.123 e. The zero-order valence-electron chi connectivity index (χ0n) is 10.6. The van der Waals surface area contributed by atoms with Crippen molar-refractivity contribution in [3.05, 3.63) is 29.6 Å². The molecule has 1 aromatic rings. The topological polar surface area (TPSA) is 49.5 Å². The number of halogens is 1. The minimum Gasteiger partial charge on any atom is -0.398 e. The van der Waals surface area contributed by atoms with Crippen molar-refractivity contribution < 1.29 is 9.50 Å². The van der Waals surface area contributed by atoms with Gasteiger partial charge >= 0.3 is 0 Å². The lowest BCUT2D eigenvalue weighted by Gasteiger charge is -2.32. The number of hydrogen-bond donors (Lipinski definition) is 2. The average Bonchev–Trinajstić information content (AvgIpc) is 2.35. The van der Waals surface area contributed by atoms with Gasteiger partial charge in [0, 0.05) is 25.4 Å². The summed E-state index contributed by atoms with van der Waals surface area (Å²) in [6, 6.07) is 4.54. The van der Waals surface area contributed by atoms with Gasteiger partial charge in [0.25, 0.3) is 0 Å². The molecule has 1 aliphatic heterocycles. The van der Waals surface area contributed by atoms with Gasteiger partial charge < -0.3 is 10.8 Å². The van der Waals surface area contributed by atoms with Gasteiger partial charge in [-0.2, -0.15) is 0 Å². The lowest BCUT2D eigenvalue weighted by atomic mass is 9.95. The smallest absolute Gasteiger partial charge is 0.123 e. The largest absolute Gasteiger partial charge is 0.398 e. The second-order valence-electron chi connectivity index (χ2n) is 5.10. The molecule has 1 aromatic carbocycles. The van der Waals surface area contributed by atoms with Gasteiger partial charge in [-0.05, 0) is 55.5 Å². The van der Waals surface area contributed by atoms with E-state index in [1.165, 1.54) is 18.6 Å². The van der Waals surface area contributed by atoms with Crippen molar-refractivity contribution >= 4 is 5.69 Å². The molecular formula is C14H21FN2O. The highest BCUT2D eigenvalue weighted by molar-refractivity contribution is 5.46. The highest BCUT2D eigenvalue weighted by atomic mass is 19.1. The first-order valence-corrected chi connectivity index (χ1v) is 6.56.